The molecule has 0 aromatic heterocycles. The van der Waals surface area contributed by atoms with Gasteiger partial charge in [-0.15, -0.1) is 0 Å². The number of aromatic hydroxyl groups is 4. The highest BCUT2D eigenvalue weighted by molar-refractivity contribution is 6.10. The van der Waals surface area contributed by atoms with Crippen LogP contribution in [-0.4, -0.2) is 43.7 Å². The van der Waals surface area contributed by atoms with E-state index in [0.29, 0.717) is 0 Å². The number of carbonyl (C=O) groups excluding carboxylic acids is 2. The summed E-state index contributed by atoms with van der Waals surface area (Å²) < 4.78 is 0. The molecular formula is C24H22N4O6. The molecule has 10 nitrogen and oxygen atoms in total. The van der Waals surface area contributed by atoms with E-state index < -0.39 is 11.8 Å². The van der Waals surface area contributed by atoms with Crippen LogP contribution >= 0.6 is 0 Å². The molecule has 3 aromatic carbocycles. The first kappa shape index (κ1) is 23.8. The minimum Gasteiger partial charge on any atom is -0.507 e. The molecule has 3 aromatic rings. The zero-order valence-electron chi connectivity index (χ0n) is 18.3. The summed E-state index contributed by atoms with van der Waals surface area (Å²) in [6, 6.07) is 14.6. The third-order valence-corrected chi connectivity index (χ3v) is 4.86. The first-order chi connectivity index (χ1) is 16.2. The minimum absolute atomic E-state index is 0.00409. The number of benzene rings is 3. The first-order valence-corrected chi connectivity index (χ1v) is 10.0. The topological polar surface area (TPSA) is 164 Å². The van der Waals surface area contributed by atoms with Gasteiger partial charge in [0, 0.05) is 5.56 Å². The molecule has 6 N–H and O–H groups in total. The molecule has 0 spiro atoms. The van der Waals surface area contributed by atoms with Crippen LogP contribution in [0.25, 0.3) is 0 Å². The van der Waals surface area contributed by atoms with Gasteiger partial charge in [-0.25, -0.2) is 10.9 Å². The molecule has 0 saturated heterocycles. The van der Waals surface area contributed by atoms with Crippen LogP contribution < -0.4 is 10.9 Å². The van der Waals surface area contributed by atoms with E-state index in [4.69, 9.17) is 0 Å². The van der Waals surface area contributed by atoms with Crippen LogP contribution in [0, 0.1) is 0 Å². The fraction of sp³-hybridized carbons (Fsp3) is 0.0833. The molecule has 0 fully saturated rings. The second kappa shape index (κ2) is 10.2. The van der Waals surface area contributed by atoms with Gasteiger partial charge in [-0.3, -0.25) is 9.59 Å². The van der Waals surface area contributed by atoms with Crippen molar-refractivity contribution >= 4 is 23.2 Å². The number of rotatable bonds is 6. The third-order valence-electron chi connectivity index (χ3n) is 4.86. The van der Waals surface area contributed by atoms with Crippen LogP contribution in [0.4, 0.5) is 0 Å². The Morgan fingerprint density at radius 3 is 1.59 bits per heavy atom. The van der Waals surface area contributed by atoms with Crippen LogP contribution in [0.15, 0.2) is 70.9 Å². The summed E-state index contributed by atoms with van der Waals surface area (Å²) in [6.07, 6.45) is 0. The molecular weight excluding hydrogens is 440 g/mol. The van der Waals surface area contributed by atoms with Crippen molar-refractivity contribution in [1.29, 1.82) is 0 Å². The molecule has 0 radical (unpaired) electrons. The van der Waals surface area contributed by atoms with Crippen LogP contribution in [0.2, 0.25) is 0 Å². The van der Waals surface area contributed by atoms with Gasteiger partial charge in [-0.1, -0.05) is 24.3 Å². The highest BCUT2D eigenvalue weighted by Crippen LogP contribution is 2.31. The van der Waals surface area contributed by atoms with Gasteiger partial charge in [-0.05, 0) is 50.2 Å². The van der Waals surface area contributed by atoms with Gasteiger partial charge in [0.1, 0.15) is 23.0 Å². The van der Waals surface area contributed by atoms with Crippen molar-refractivity contribution in [3.63, 3.8) is 0 Å². The van der Waals surface area contributed by atoms with E-state index in [1.54, 1.807) is 24.3 Å². The van der Waals surface area contributed by atoms with E-state index in [1.807, 2.05) is 0 Å². The number of nitrogens with one attached hydrogen (secondary N) is 2. The predicted molar refractivity (Wildman–Crippen MR) is 125 cm³/mol. The Balaban J connectivity index is 1.83. The van der Waals surface area contributed by atoms with Crippen LogP contribution in [0.5, 0.6) is 23.0 Å². The number of nitrogens with zero attached hydrogens (tertiary/aromatic N) is 2. The maximum absolute atomic E-state index is 12.3. The Hall–Kier alpha value is -4.86. The first-order valence-electron chi connectivity index (χ1n) is 10.0. The van der Waals surface area contributed by atoms with E-state index in [2.05, 4.69) is 21.1 Å². The SMILES string of the molecule is C/C(=N\NC(=O)c1ccccc1O)c1ccc(O)c(/C(C)=N/NC(=O)c2ccccc2O)c1O. The monoisotopic (exact) mass is 462 g/mol. The van der Waals surface area contributed by atoms with E-state index in [-0.39, 0.29) is 56.7 Å². The maximum Gasteiger partial charge on any atom is 0.275 e. The number of hydrogen-bond acceptors (Lipinski definition) is 8. The van der Waals surface area contributed by atoms with Crippen molar-refractivity contribution in [1.82, 2.24) is 10.9 Å². The molecule has 0 unspecified atom stereocenters. The highest BCUT2D eigenvalue weighted by atomic mass is 16.3. The Morgan fingerprint density at radius 1 is 0.618 bits per heavy atom. The minimum atomic E-state index is -0.683. The fourth-order valence-electron chi connectivity index (χ4n) is 3.07. The van der Waals surface area contributed by atoms with E-state index in [0.717, 1.165) is 0 Å². The van der Waals surface area contributed by atoms with Gasteiger partial charge in [0.2, 0.25) is 0 Å². The lowest BCUT2D eigenvalue weighted by atomic mass is 10.0. The Kier molecular flexibility index (Phi) is 7.12. The average Bonchev–Trinajstić information content (AvgIpc) is 2.81. The average molecular weight is 462 g/mol. The fourth-order valence-corrected chi connectivity index (χ4v) is 3.07. The summed E-state index contributed by atoms with van der Waals surface area (Å²) >= 11 is 0. The van der Waals surface area contributed by atoms with Crippen molar-refractivity contribution in [3.8, 4) is 23.0 Å². The van der Waals surface area contributed by atoms with Gasteiger partial charge in [0.15, 0.2) is 0 Å². The van der Waals surface area contributed by atoms with Crippen molar-refractivity contribution in [3.05, 3.63) is 82.9 Å². The van der Waals surface area contributed by atoms with Gasteiger partial charge >= 0.3 is 0 Å². The standard InChI is InChI=1S/C24H22N4O6/c1-13(25-27-23(33)16-7-3-5-9-18(16)29)15-11-12-20(31)21(22(15)32)14(2)26-28-24(34)17-8-4-6-10-19(17)30/h3-12,29-32H,1-2H3,(H,27,33)(H,28,34)/b25-13+,26-14+. The Labute approximate surface area is 194 Å². The summed E-state index contributed by atoms with van der Waals surface area (Å²) in [7, 11) is 0. The molecule has 174 valence electrons. The largest absolute Gasteiger partial charge is 0.507 e. The number of amides is 2. The third kappa shape index (κ3) is 5.13. The maximum atomic E-state index is 12.3. The van der Waals surface area contributed by atoms with Crippen molar-refractivity contribution in [2.24, 2.45) is 10.2 Å². The number of carbonyl (C=O) groups is 2. The number of phenolic OH excluding ortho intramolecular Hbond substituents is 4. The molecule has 0 bridgehead atoms. The molecule has 3 rings (SSSR count). The molecule has 0 heterocycles. The number of phenols is 4. The van der Waals surface area contributed by atoms with Crippen molar-refractivity contribution < 1.29 is 30.0 Å². The molecule has 0 aliphatic heterocycles. The summed E-state index contributed by atoms with van der Waals surface area (Å²) in [5.41, 5.74) is 4.99. The Morgan fingerprint density at radius 2 is 1.09 bits per heavy atom. The summed E-state index contributed by atoms with van der Waals surface area (Å²) in [5.74, 6) is -2.45. The molecule has 2 amide bonds. The predicted octanol–water partition coefficient (Wildman–Crippen LogP) is 2.82. The van der Waals surface area contributed by atoms with E-state index in [1.165, 1.54) is 50.2 Å². The molecule has 10 heteroatoms. The molecule has 34 heavy (non-hydrogen) atoms. The summed E-state index contributed by atoms with van der Waals surface area (Å²) in [6.45, 7) is 2.98. The lowest BCUT2D eigenvalue weighted by molar-refractivity contribution is 0.0943. The smallest absolute Gasteiger partial charge is 0.275 e. The normalized spacial score (nSPS) is 11.7. The van der Waals surface area contributed by atoms with Gasteiger partial charge in [0.25, 0.3) is 11.8 Å². The molecule has 0 saturated carbocycles. The van der Waals surface area contributed by atoms with Gasteiger partial charge in [0.05, 0.1) is 28.1 Å². The second-order valence-corrected chi connectivity index (χ2v) is 7.17. The van der Waals surface area contributed by atoms with Crippen molar-refractivity contribution in [2.45, 2.75) is 13.8 Å². The number of hydrazone groups is 2. The zero-order valence-corrected chi connectivity index (χ0v) is 18.3. The van der Waals surface area contributed by atoms with Crippen LogP contribution in [0.1, 0.15) is 45.7 Å². The highest BCUT2D eigenvalue weighted by Gasteiger charge is 2.18. The van der Waals surface area contributed by atoms with Gasteiger partial charge < -0.3 is 20.4 Å². The lowest BCUT2D eigenvalue weighted by Crippen LogP contribution is -2.20. The number of para-hydroxylation sites is 2. The van der Waals surface area contributed by atoms with Crippen molar-refractivity contribution in [2.75, 3.05) is 0 Å². The molecule has 0 atom stereocenters. The van der Waals surface area contributed by atoms with E-state index >= 15 is 0 Å². The summed E-state index contributed by atoms with van der Waals surface area (Å²) in [5, 5.41) is 48.4. The zero-order chi connectivity index (χ0) is 24.8. The lowest BCUT2D eigenvalue weighted by Gasteiger charge is -2.12. The van der Waals surface area contributed by atoms with E-state index in [9.17, 15) is 30.0 Å². The van der Waals surface area contributed by atoms with Crippen LogP contribution in [0.3, 0.4) is 0 Å². The van der Waals surface area contributed by atoms with Crippen LogP contribution in [-0.2, 0) is 0 Å². The molecule has 0 aliphatic carbocycles. The quantitative estimate of drug-likeness (QED) is 0.244. The van der Waals surface area contributed by atoms with Gasteiger partial charge in [-0.2, -0.15) is 10.2 Å². The number of hydrogen-bond donors (Lipinski definition) is 6. The second-order valence-electron chi connectivity index (χ2n) is 7.17. The summed E-state index contributed by atoms with van der Waals surface area (Å²) in [4.78, 5) is 24.5. The Bertz CT molecular complexity index is 1320. The molecule has 0 aliphatic rings.